The number of hydrogen-bond acceptors (Lipinski definition) is 4. The highest BCUT2D eigenvalue weighted by Gasteiger charge is 2.20. The highest BCUT2D eigenvalue weighted by atomic mass is 16.5. The predicted octanol–water partition coefficient (Wildman–Crippen LogP) is 0.289. The minimum absolute atomic E-state index is 0.114. The fraction of sp³-hybridized carbons (Fsp3) is 0.786. The zero-order valence-corrected chi connectivity index (χ0v) is 12.4. The number of aliphatic carboxylic acids is 1. The van der Waals surface area contributed by atoms with E-state index < -0.39 is 17.9 Å². The molecule has 0 saturated heterocycles. The van der Waals surface area contributed by atoms with Crippen LogP contribution in [0.15, 0.2) is 0 Å². The number of rotatable bonds is 9. The molecule has 2 amide bonds. The van der Waals surface area contributed by atoms with Crippen LogP contribution in [-0.4, -0.2) is 49.2 Å². The third kappa shape index (κ3) is 7.08. The first-order valence-electron chi connectivity index (χ1n) is 7.30. The number of amides is 2. The third-order valence-electron chi connectivity index (χ3n) is 3.67. The van der Waals surface area contributed by atoms with Gasteiger partial charge in [0.2, 0.25) is 11.8 Å². The molecular weight excluding hydrogens is 276 g/mol. The number of hydrogen-bond donors (Lipinski definition) is 3. The summed E-state index contributed by atoms with van der Waals surface area (Å²) in [6.45, 7) is -0.326. The van der Waals surface area contributed by atoms with Gasteiger partial charge in [-0.05, 0) is 12.3 Å². The lowest BCUT2D eigenvalue weighted by atomic mass is 10.0. The average Bonchev–Trinajstić information content (AvgIpc) is 2.95. The van der Waals surface area contributed by atoms with Gasteiger partial charge in [0.15, 0.2) is 6.04 Å². The van der Waals surface area contributed by atoms with Gasteiger partial charge >= 0.3 is 5.97 Å². The normalized spacial score (nSPS) is 16.4. The molecule has 1 unspecified atom stereocenters. The third-order valence-corrected chi connectivity index (χ3v) is 3.67. The average molecular weight is 300 g/mol. The second kappa shape index (κ2) is 9.33. The Bertz CT molecular complexity index is 366. The van der Waals surface area contributed by atoms with Crippen LogP contribution in [0.25, 0.3) is 0 Å². The van der Waals surface area contributed by atoms with Crippen molar-refractivity contribution < 1.29 is 24.2 Å². The van der Waals surface area contributed by atoms with Crippen molar-refractivity contribution in [3.63, 3.8) is 0 Å². The van der Waals surface area contributed by atoms with E-state index in [0.29, 0.717) is 12.3 Å². The van der Waals surface area contributed by atoms with E-state index in [4.69, 9.17) is 9.84 Å². The van der Waals surface area contributed by atoms with E-state index in [1.165, 1.54) is 32.8 Å². The minimum Gasteiger partial charge on any atom is -0.480 e. The summed E-state index contributed by atoms with van der Waals surface area (Å²) in [5.41, 5.74) is 0. The SMILES string of the molecule is COCC(NC(=O)CNC(=O)CCC1CCCC1)C(=O)O. The van der Waals surface area contributed by atoms with Crippen LogP contribution in [0.4, 0.5) is 0 Å². The minimum atomic E-state index is -1.17. The Balaban J connectivity index is 2.18. The van der Waals surface area contributed by atoms with Gasteiger partial charge in [0.25, 0.3) is 0 Å². The Morgan fingerprint density at radius 2 is 1.90 bits per heavy atom. The van der Waals surface area contributed by atoms with Gasteiger partial charge in [0.05, 0.1) is 13.2 Å². The van der Waals surface area contributed by atoms with Crippen LogP contribution in [0.2, 0.25) is 0 Å². The number of carboxylic acids is 1. The van der Waals surface area contributed by atoms with E-state index in [-0.39, 0.29) is 19.1 Å². The van der Waals surface area contributed by atoms with Crippen molar-refractivity contribution >= 4 is 17.8 Å². The number of nitrogens with one attached hydrogen (secondary N) is 2. The van der Waals surface area contributed by atoms with Crippen LogP contribution in [-0.2, 0) is 19.1 Å². The van der Waals surface area contributed by atoms with Crippen LogP contribution in [0.5, 0.6) is 0 Å². The van der Waals surface area contributed by atoms with Gasteiger partial charge in [0, 0.05) is 13.5 Å². The Morgan fingerprint density at radius 3 is 2.48 bits per heavy atom. The van der Waals surface area contributed by atoms with Crippen molar-refractivity contribution in [2.45, 2.75) is 44.6 Å². The maximum absolute atomic E-state index is 11.6. The molecule has 1 rings (SSSR count). The molecule has 0 heterocycles. The molecule has 0 spiro atoms. The fourth-order valence-corrected chi connectivity index (χ4v) is 2.49. The molecule has 1 aliphatic carbocycles. The smallest absolute Gasteiger partial charge is 0.328 e. The van der Waals surface area contributed by atoms with Gasteiger partial charge in [-0.2, -0.15) is 0 Å². The topological polar surface area (TPSA) is 105 Å². The van der Waals surface area contributed by atoms with E-state index >= 15 is 0 Å². The lowest BCUT2D eigenvalue weighted by molar-refractivity contribution is -0.143. The lowest BCUT2D eigenvalue weighted by Gasteiger charge is -2.14. The molecule has 0 radical (unpaired) electrons. The first kappa shape index (κ1) is 17.4. The summed E-state index contributed by atoms with van der Waals surface area (Å²) in [6.07, 6.45) is 6.12. The Labute approximate surface area is 124 Å². The van der Waals surface area contributed by atoms with Gasteiger partial charge in [-0.25, -0.2) is 4.79 Å². The number of methoxy groups -OCH3 is 1. The van der Waals surface area contributed by atoms with E-state index in [0.717, 1.165) is 6.42 Å². The molecule has 1 aliphatic rings. The summed E-state index contributed by atoms with van der Waals surface area (Å²) in [6, 6.07) is -1.10. The molecule has 3 N–H and O–H groups in total. The molecule has 1 fully saturated rings. The maximum Gasteiger partial charge on any atom is 0.328 e. The molecule has 21 heavy (non-hydrogen) atoms. The van der Waals surface area contributed by atoms with Crippen LogP contribution < -0.4 is 10.6 Å². The molecule has 120 valence electrons. The Morgan fingerprint density at radius 1 is 1.24 bits per heavy atom. The van der Waals surface area contributed by atoms with E-state index in [2.05, 4.69) is 10.6 Å². The van der Waals surface area contributed by atoms with E-state index in [1.54, 1.807) is 0 Å². The van der Waals surface area contributed by atoms with Crippen LogP contribution in [0.3, 0.4) is 0 Å². The molecule has 7 nitrogen and oxygen atoms in total. The van der Waals surface area contributed by atoms with Crippen molar-refractivity contribution in [1.82, 2.24) is 10.6 Å². The standard InChI is InChI=1S/C14H24N2O5/c1-21-9-11(14(19)20)16-13(18)8-15-12(17)7-6-10-4-2-3-5-10/h10-11H,2-9H2,1H3,(H,15,17)(H,16,18)(H,19,20). The summed E-state index contributed by atoms with van der Waals surface area (Å²) >= 11 is 0. The summed E-state index contributed by atoms with van der Waals surface area (Å²) < 4.78 is 4.70. The van der Waals surface area contributed by atoms with Gasteiger partial charge < -0.3 is 20.5 Å². The zero-order valence-electron chi connectivity index (χ0n) is 12.4. The second-order valence-corrected chi connectivity index (χ2v) is 5.38. The van der Waals surface area contributed by atoms with Gasteiger partial charge in [-0.3, -0.25) is 9.59 Å². The Hall–Kier alpha value is -1.63. The first-order valence-corrected chi connectivity index (χ1v) is 7.30. The van der Waals surface area contributed by atoms with Crippen molar-refractivity contribution in [1.29, 1.82) is 0 Å². The van der Waals surface area contributed by atoms with E-state index in [1.807, 2.05) is 0 Å². The molecule has 1 saturated carbocycles. The quantitative estimate of drug-likeness (QED) is 0.567. The molecule has 7 heteroatoms. The van der Waals surface area contributed by atoms with Crippen LogP contribution in [0, 0.1) is 5.92 Å². The number of carbonyl (C=O) groups is 3. The molecule has 0 aromatic carbocycles. The number of carboxylic acid groups (broad SMARTS) is 1. The first-order chi connectivity index (χ1) is 10.0. The van der Waals surface area contributed by atoms with Gasteiger partial charge in [-0.1, -0.05) is 25.7 Å². The van der Waals surface area contributed by atoms with Crippen molar-refractivity contribution in [2.75, 3.05) is 20.3 Å². The molecule has 0 aromatic rings. The van der Waals surface area contributed by atoms with Crippen molar-refractivity contribution in [3.8, 4) is 0 Å². The lowest BCUT2D eigenvalue weighted by Crippen LogP contribution is -2.47. The van der Waals surface area contributed by atoms with Crippen molar-refractivity contribution in [3.05, 3.63) is 0 Å². The van der Waals surface area contributed by atoms with E-state index in [9.17, 15) is 14.4 Å². The molecular formula is C14H24N2O5. The fourth-order valence-electron chi connectivity index (χ4n) is 2.49. The largest absolute Gasteiger partial charge is 0.480 e. The molecule has 0 aliphatic heterocycles. The van der Waals surface area contributed by atoms with Gasteiger partial charge in [-0.15, -0.1) is 0 Å². The highest BCUT2D eigenvalue weighted by molar-refractivity contribution is 5.87. The highest BCUT2D eigenvalue weighted by Crippen LogP contribution is 2.28. The molecule has 1 atom stereocenters. The van der Waals surface area contributed by atoms with Crippen LogP contribution >= 0.6 is 0 Å². The second-order valence-electron chi connectivity index (χ2n) is 5.38. The molecule has 0 bridgehead atoms. The van der Waals surface area contributed by atoms with Crippen molar-refractivity contribution in [2.24, 2.45) is 5.92 Å². The van der Waals surface area contributed by atoms with Gasteiger partial charge in [0.1, 0.15) is 0 Å². The van der Waals surface area contributed by atoms with Crippen LogP contribution in [0.1, 0.15) is 38.5 Å². The zero-order chi connectivity index (χ0) is 15.7. The number of ether oxygens (including phenoxy) is 1. The summed E-state index contributed by atoms with van der Waals surface area (Å²) in [7, 11) is 1.35. The summed E-state index contributed by atoms with van der Waals surface area (Å²) in [5.74, 6) is -1.25. The summed E-state index contributed by atoms with van der Waals surface area (Å²) in [5, 5.41) is 13.7. The Kier molecular flexibility index (Phi) is 7.74. The molecule has 0 aromatic heterocycles. The number of carbonyl (C=O) groups excluding carboxylic acids is 2. The summed E-state index contributed by atoms with van der Waals surface area (Å²) in [4.78, 5) is 34.0. The monoisotopic (exact) mass is 300 g/mol. The maximum atomic E-state index is 11.6. The predicted molar refractivity (Wildman–Crippen MR) is 75.6 cm³/mol.